The molecule has 6 heavy (non-hydrogen) atoms. The van der Waals surface area contributed by atoms with Gasteiger partial charge in [0.2, 0.25) is 0 Å². The molecule has 0 rings (SSSR count). The van der Waals surface area contributed by atoms with Gasteiger partial charge in [0, 0.05) is 0 Å². The van der Waals surface area contributed by atoms with Crippen LogP contribution in [0.2, 0.25) is 0 Å². The van der Waals surface area contributed by atoms with Crippen LogP contribution in [-0.4, -0.2) is 31.7 Å². The van der Waals surface area contributed by atoms with E-state index in [1.54, 1.807) is 19.9 Å². The fourth-order valence-electron chi connectivity index (χ4n) is 0. The summed E-state index contributed by atoms with van der Waals surface area (Å²) in [4.78, 5) is 0. The topological polar surface area (TPSA) is 20.2 Å². The van der Waals surface area contributed by atoms with Gasteiger partial charge in [-0.3, -0.25) is 0 Å². The van der Waals surface area contributed by atoms with Crippen molar-refractivity contribution in [2.45, 2.75) is 13.8 Å². The van der Waals surface area contributed by atoms with Crippen LogP contribution in [0.15, 0.2) is 11.8 Å². The van der Waals surface area contributed by atoms with E-state index in [2.05, 4.69) is 0 Å². The van der Waals surface area contributed by atoms with Crippen LogP contribution in [0, 0.1) is 0 Å². The molecular formula is C4H10OPo. The standard InChI is InChI=1S/C4H8O.Po.2H/c1-3-4(2)5;;;/h3,5H,1-2H3;;;. The van der Waals surface area contributed by atoms with Crippen molar-refractivity contribution in [2.75, 3.05) is 0 Å². The van der Waals surface area contributed by atoms with Crippen LogP contribution in [0.1, 0.15) is 13.8 Å². The Morgan fingerprint density at radius 3 is 1.83 bits per heavy atom. The monoisotopic (exact) mass is 283 g/mol. The number of aliphatic hydroxyl groups is 1. The summed E-state index contributed by atoms with van der Waals surface area (Å²) in [5, 5.41) is 8.22. The van der Waals surface area contributed by atoms with Crippen molar-refractivity contribution < 1.29 is 5.11 Å². The Labute approximate surface area is 57.5 Å². The average molecular weight is 283 g/mol. The van der Waals surface area contributed by atoms with E-state index in [9.17, 15) is 0 Å². The molecule has 2 heteroatoms. The van der Waals surface area contributed by atoms with Crippen molar-refractivity contribution in [3.63, 3.8) is 0 Å². The van der Waals surface area contributed by atoms with E-state index in [-0.39, 0.29) is 26.6 Å². The molecule has 1 nitrogen and oxygen atoms in total. The Hall–Kier alpha value is 0.436. The molecule has 0 radical (unpaired) electrons. The molecule has 1 N–H and O–H groups in total. The maximum atomic E-state index is 8.22. The van der Waals surface area contributed by atoms with Gasteiger partial charge >= 0.3 is 26.6 Å². The first kappa shape index (κ1) is 9.66. The van der Waals surface area contributed by atoms with E-state index in [1.807, 2.05) is 0 Å². The van der Waals surface area contributed by atoms with E-state index in [0.29, 0.717) is 5.76 Å². The molecule has 0 bridgehead atoms. The molecule has 0 aromatic rings. The molecule has 0 aliphatic heterocycles. The van der Waals surface area contributed by atoms with Gasteiger partial charge in [-0.1, -0.05) is 6.08 Å². The minimum atomic E-state index is 0. The van der Waals surface area contributed by atoms with Gasteiger partial charge in [-0.25, -0.2) is 0 Å². The molecule has 0 saturated heterocycles. The molecule has 0 amide bonds. The van der Waals surface area contributed by atoms with Crippen molar-refractivity contribution in [1.29, 1.82) is 0 Å². The van der Waals surface area contributed by atoms with Gasteiger partial charge in [-0.05, 0) is 13.8 Å². The van der Waals surface area contributed by atoms with Crippen molar-refractivity contribution in [3.05, 3.63) is 11.8 Å². The normalized spacial score (nSPS) is 10.0. The van der Waals surface area contributed by atoms with E-state index >= 15 is 0 Å². The maximum absolute atomic E-state index is 8.22. The van der Waals surface area contributed by atoms with E-state index in [1.165, 1.54) is 0 Å². The minimum absolute atomic E-state index is 0. The Morgan fingerprint density at radius 1 is 1.67 bits per heavy atom. The van der Waals surface area contributed by atoms with Crippen LogP contribution >= 0.6 is 0 Å². The quantitative estimate of drug-likeness (QED) is 0.644. The molecule has 38 valence electrons. The third-order valence-electron chi connectivity index (χ3n) is 0.418. The molecule has 0 aliphatic carbocycles. The molecule has 0 aliphatic rings. The van der Waals surface area contributed by atoms with Crippen LogP contribution in [0.25, 0.3) is 0 Å². The molecular weight excluding hydrogens is 273 g/mol. The van der Waals surface area contributed by atoms with Gasteiger partial charge in [0.15, 0.2) is 0 Å². The van der Waals surface area contributed by atoms with Crippen LogP contribution in [0.3, 0.4) is 0 Å². The summed E-state index contributed by atoms with van der Waals surface area (Å²) in [6, 6.07) is 0. The van der Waals surface area contributed by atoms with Crippen molar-refractivity contribution >= 4 is 26.6 Å². The van der Waals surface area contributed by atoms with E-state index in [0.717, 1.165) is 0 Å². The van der Waals surface area contributed by atoms with Crippen molar-refractivity contribution in [2.24, 2.45) is 0 Å². The second kappa shape index (κ2) is 5.44. The fourth-order valence-corrected chi connectivity index (χ4v) is 0. The van der Waals surface area contributed by atoms with Crippen LogP contribution in [-0.2, 0) is 0 Å². The molecule has 0 saturated carbocycles. The zero-order chi connectivity index (χ0) is 4.28. The molecule has 0 aromatic heterocycles. The second-order valence-electron chi connectivity index (χ2n) is 0.930. The van der Waals surface area contributed by atoms with Gasteiger partial charge in [0.25, 0.3) is 0 Å². The van der Waals surface area contributed by atoms with Gasteiger partial charge < -0.3 is 5.11 Å². The zero-order valence-electron chi connectivity index (χ0n) is 4.02. The van der Waals surface area contributed by atoms with Crippen LogP contribution in [0.5, 0.6) is 0 Å². The molecule has 0 spiro atoms. The summed E-state index contributed by atoms with van der Waals surface area (Å²) in [5.41, 5.74) is 0. The van der Waals surface area contributed by atoms with Gasteiger partial charge in [-0.2, -0.15) is 0 Å². The summed E-state index contributed by atoms with van der Waals surface area (Å²) in [7, 11) is 0. The Kier molecular flexibility index (Phi) is 8.76. The first-order valence-corrected chi connectivity index (χ1v) is 1.59. The SMILES string of the molecule is CC=C(C)O.[PoH2]. The number of hydrogen-bond donors (Lipinski definition) is 1. The first-order chi connectivity index (χ1) is 2.27. The Morgan fingerprint density at radius 2 is 1.83 bits per heavy atom. The first-order valence-electron chi connectivity index (χ1n) is 1.59. The van der Waals surface area contributed by atoms with Crippen LogP contribution < -0.4 is 0 Å². The molecule has 0 heterocycles. The van der Waals surface area contributed by atoms with E-state index < -0.39 is 0 Å². The molecule has 0 aromatic carbocycles. The molecule has 0 atom stereocenters. The number of hydrogen-bond acceptors (Lipinski definition) is 1. The van der Waals surface area contributed by atoms with Gasteiger partial charge in [0.05, 0.1) is 5.76 Å². The molecule has 0 fully saturated rings. The fraction of sp³-hybridized carbons (Fsp3) is 0.500. The third-order valence-corrected chi connectivity index (χ3v) is 0.418. The average Bonchev–Trinajstić information content (AvgIpc) is 1.38. The van der Waals surface area contributed by atoms with Gasteiger partial charge in [-0.15, -0.1) is 0 Å². The van der Waals surface area contributed by atoms with Gasteiger partial charge in [0.1, 0.15) is 0 Å². The summed E-state index contributed by atoms with van der Waals surface area (Å²) >= 11 is 0. The third kappa shape index (κ3) is 8.83. The summed E-state index contributed by atoms with van der Waals surface area (Å²) in [6.07, 6.45) is 1.64. The molecule has 0 unspecified atom stereocenters. The van der Waals surface area contributed by atoms with Crippen molar-refractivity contribution in [3.8, 4) is 0 Å². The van der Waals surface area contributed by atoms with E-state index in [4.69, 9.17) is 5.11 Å². The zero-order valence-corrected chi connectivity index (χ0v) is 7.91. The predicted molar refractivity (Wildman–Crippen MR) is 30.6 cm³/mol. The number of rotatable bonds is 0. The number of allylic oxidation sites excluding steroid dienone is 2. The van der Waals surface area contributed by atoms with Crippen molar-refractivity contribution in [1.82, 2.24) is 0 Å². The summed E-state index contributed by atoms with van der Waals surface area (Å²) < 4.78 is 0. The summed E-state index contributed by atoms with van der Waals surface area (Å²) in [5.74, 6) is 0.380. The number of aliphatic hydroxyl groups excluding tert-OH is 1. The summed E-state index contributed by atoms with van der Waals surface area (Å²) in [6.45, 7) is 3.43. The second-order valence-corrected chi connectivity index (χ2v) is 0.930. The van der Waals surface area contributed by atoms with Crippen LogP contribution in [0.4, 0.5) is 0 Å². The predicted octanol–water partition coefficient (Wildman–Crippen LogP) is 0.552. The Bertz CT molecular complexity index is 45.5. The Balaban J connectivity index is 0.